The van der Waals surface area contributed by atoms with Gasteiger partial charge in [-0.2, -0.15) is 4.98 Å². The fraction of sp³-hybridized carbons (Fsp3) is 0.577. The number of rotatable bonds is 8. The number of carbonyl (C=O) groups excluding carboxylic acids is 1. The molecular formula is C26H33N7O5S. The molecule has 5 N–H and O–H groups in total. The van der Waals surface area contributed by atoms with Gasteiger partial charge in [0.15, 0.2) is 0 Å². The van der Waals surface area contributed by atoms with Crippen molar-refractivity contribution in [1.29, 1.82) is 0 Å². The SMILES string of the molecule is Cc1nc(NCC2(O)CC2)nc(N[C@@H]2C[C@H](CN3CCOCC3=O)[C@@H](O)[C@H]2O)c1-c1nc2c(C)nccc2s1. The third kappa shape index (κ3) is 5.29. The average molecular weight is 556 g/mol. The number of aryl methyl sites for hydroxylation is 2. The van der Waals surface area contributed by atoms with Crippen LogP contribution in [0.4, 0.5) is 11.8 Å². The zero-order chi connectivity index (χ0) is 27.3. The second kappa shape index (κ2) is 10.2. The van der Waals surface area contributed by atoms with E-state index >= 15 is 0 Å². The molecule has 2 aliphatic carbocycles. The summed E-state index contributed by atoms with van der Waals surface area (Å²) in [5.74, 6) is 0.434. The van der Waals surface area contributed by atoms with Crippen molar-refractivity contribution < 1.29 is 24.9 Å². The van der Waals surface area contributed by atoms with E-state index in [2.05, 4.69) is 20.6 Å². The Balaban J connectivity index is 1.30. The van der Waals surface area contributed by atoms with Gasteiger partial charge < -0.3 is 35.6 Å². The highest BCUT2D eigenvalue weighted by molar-refractivity contribution is 7.21. The summed E-state index contributed by atoms with van der Waals surface area (Å²) in [6.07, 6.45) is 1.62. The van der Waals surface area contributed by atoms with E-state index in [1.807, 2.05) is 19.9 Å². The van der Waals surface area contributed by atoms with Crippen LogP contribution in [0.3, 0.4) is 0 Å². The third-order valence-corrected chi connectivity index (χ3v) is 8.90. The van der Waals surface area contributed by atoms with Crippen LogP contribution in [0.25, 0.3) is 20.8 Å². The molecule has 0 aromatic carbocycles. The maximum absolute atomic E-state index is 12.2. The molecular weight excluding hydrogens is 522 g/mol. The number of aromatic nitrogens is 4. The molecule has 0 unspecified atom stereocenters. The molecule has 4 heterocycles. The van der Waals surface area contributed by atoms with Crippen LogP contribution < -0.4 is 10.6 Å². The maximum atomic E-state index is 12.2. The lowest BCUT2D eigenvalue weighted by Gasteiger charge is -2.30. The second-order valence-corrected chi connectivity index (χ2v) is 11.8. The Morgan fingerprint density at radius 3 is 2.74 bits per heavy atom. The number of aliphatic hydroxyl groups excluding tert-OH is 2. The quantitative estimate of drug-likeness (QED) is 0.270. The fourth-order valence-corrected chi connectivity index (χ4v) is 6.43. The van der Waals surface area contributed by atoms with Gasteiger partial charge in [0.2, 0.25) is 11.9 Å². The minimum absolute atomic E-state index is 0.0404. The topological polar surface area (TPSA) is 166 Å². The molecule has 4 atom stereocenters. The first-order valence-corrected chi connectivity index (χ1v) is 14.1. The van der Waals surface area contributed by atoms with E-state index in [0.717, 1.165) is 33.8 Å². The number of morpholine rings is 1. The van der Waals surface area contributed by atoms with Gasteiger partial charge in [0.1, 0.15) is 29.1 Å². The number of hydrogen-bond acceptors (Lipinski definition) is 12. The molecule has 12 nitrogen and oxygen atoms in total. The predicted octanol–water partition coefficient (Wildman–Crippen LogP) is 1.08. The van der Waals surface area contributed by atoms with Crippen LogP contribution in [0, 0.1) is 19.8 Å². The summed E-state index contributed by atoms with van der Waals surface area (Å²) in [7, 11) is 0. The van der Waals surface area contributed by atoms with E-state index in [0.29, 0.717) is 55.7 Å². The molecule has 1 saturated heterocycles. The van der Waals surface area contributed by atoms with E-state index in [-0.39, 0.29) is 18.4 Å². The molecule has 0 radical (unpaired) electrons. The molecule has 3 fully saturated rings. The van der Waals surface area contributed by atoms with Gasteiger partial charge in [-0.05, 0) is 39.2 Å². The summed E-state index contributed by atoms with van der Waals surface area (Å²) >= 11 is 1.51. The lowest BCUT2D eigenvalue weighted by Crippen LogP contribution is -2.45. The molecule has 6 rings (SSSR count). The van der Waals surface area contributed by atoms with E-state index in [1.165, 1.54) is 11.3 Å². The van der Waals surface area contributed by atoms with Gasteiger partial charge in [0, 0.05) is 31.7 Å². The zero-order valence-corrected chi connectivity index (χ0v) is 22.7. The number of aliphatic hydroxyl groups is 3. The number of nitrogens with one attached hydrogen (secondary N) is 2. The van der Waals surface area contributed by atoms with Gasteiger partial charge in [-0.25, -0.2) is 9.97 Å². The molecule has 3 aromatic rings. The van der Waals surface area contributed by atoms with Crippen molar-refractivity contribution in [2.24, 2.45) is 5.92 Å². The van der Waals surface area contributed by atoms with Crippen molar-refractivity contribution in [3.05, 3.63) is 23.7 Å². The molecule has 1 amide bonds. The molecule has 3 aromatic heterocycles. The number of carbonyl (C=O) groups is 1. The average Bonchev–Trinajstić information content (AvgIpc) is 3.39. The fourth-order valence-electron chi connectivity index (χ4n) is 5.32. The van der Waals surface area contributed by atoms with E-state index < -0.39 is 23.9 Å². The van der Waals surface area contributed by atoms with Crippen LogP contribution in [0.15, 0.2) is 12.3 Å². The van der Waals surface area contributed by atoms with Crippen molar-refractivity contribution in [1.82, 2.24) is 24.8 Å². The smallest absolute Gasteiger partial charge is 0.248 e. The van der Waals surface area contributed by atoms with E-state index in [1.54, 1.807) is 11.1 Å². The number of ether oxygens (including phenoxy) is 1. The van der Waals surface area contributed by atoms with Crippen LogP contribution in [0.2, 0.25) is 0 Å². The number of thiazole rings is 1. The van der Waals surface area contributed by atoms with Gasteiger partial charge in [-0.3, -0.25) is 9.78 Å². The summed E-state index contributed by atoms with van der Waals surface area (Å²) in [6, 6.07) is 1.42. The van der Waals surface area contributed by atoms with Gasteiger partial charge >= 0.3 is 0 Å². The largest absolute Gasteiger partial charge is 0.390 e. The van der Waals surface area contributed by atoms with Gasteiger partial charge in [-0.1, -0.05) is 0 Å². The van der Waals surface area contributed by atoms with Crippen molar-refractivity contribution in [2.45, 2.75) is 57.0 Å². The number of amides is 1. The number of anilines is 2. The first-order chi connectivity index (χ1) is 18.7. The summed E-state index contributed by atoms with van der Waals surface area (Å²) in [4.78, 5) is 32.5. The highest BCUT2D eigenvalue weighted by atomic mass is 32.1. The highest BCUT2D eigenvalue weighted by Gasteiger charge is 2.43. The lowest BCUT2D eigenvalue weighted by atomic mass is 10.0. The van der Waals surface area contributed by atoms with Crippen LogP contribution in [-0.4, -0.2) is 103 Å². The van der Waals surface area contributed by atoms with Gasteiger partial charge in [0.05, 0.1) is 46.0 Å². The van der Waals surface area contributed by atoms with E-state index in [9.17, 15) is 20.1 Å². The van der Waals surface area contributed by atoms with Crippen LogP contribution >= 0.6 is 11.3 Å². The standard InChI is InChI=1S/C26H33N7O5S/c1-13-19(24-31-20-14(2)27-6-3-17(20)39-24)23(32-25(29-13)28-12-26(37)4-5-26)30-16-9-15(21(35)22(16)36)10-33-7-8-38-11-18(33)34/h3,6,15-16,21-22,35-37H,4-5,7-12H2,1-2H3,(H2,28,29,30,32)/t15-,16-,21-,22+/m1/s1. The minimum atomic E-state index is -1.06. The van der Waals surface area contributed by atoms with Crippen LogP contribution in [0.5, 0.6) is 0 Å². The van der Waals surface area contributed by atoms with Gasteiger partial charge in [0.25, 0.3) is 0 Å². The number of hydrogen-bond donors (Lipinski definition) is 5. The molecule has 0 bridgehead atoms. The number of fused-ring (bicyclic) bond motifs is 1. The summed E-state index contributed by atoms with van der Waals surface area (Å²) in [5.41, 5.74) is 2.31. The lowest BCUT2D eigenvalue weighted by molar-refractivity contribution is -0.144. The molecule has 1 aliphatic heterocycles. The Morgan fingerprint density at radius 2 is 2.00 bits per heavy atom. The monoisotopic (exact) mass is 555 g/mol. The Labute approximate surface area is 229 Å². The summed E-state index contributed by atoms with van der Waals surface area (Å²) in [6.45, 7) is 5.46. The Bertz CT molecular complexity index is 1400. The number of pyridine rings is 1. The molecule has 39 heavy (non-hydrogen) atoms. The summed E-state index contributed by atoms with van der Waals surface area (Å²) in [5, 5.41) is 39.4. The Morgan fingerprint density at radius 1 is 1.18 bits per heavy atom. The normalized spacial score (nSPS) is 26.3. The van der Waals surface area contributed by atoms with Crippen LogP contribution in [0.1, 0.15) is 30.7 Å². The molecule has 13 heteroatoms. The second-order valence-electron chi connectivity index (χ2n) is 10.8. The van der Waals surface area contributed by atoms with Crippen molar-refractivity contribution >= 4 is 39.2 Å². The minimum Gasteiger partial charge on any atom is -0.390 e. The molecule has 3 aliphatic rings. The Hall–Kier alpha value is -2.97. The first kappa shape index (κ1) is 26.3. The van der Waals surface area contributed by atoms with Crippen LogP contribution in [-0.2, 0) is 9.53 Å². The molecule has 208 valence electrons. The third-order valence-electron chi connectivity index (χ3n) is 7.86. The van der Waals surface area contributed by atoms with Gasteiger partial charge in [-0.15, -0.1) is 11.3 Å². The van der Waals surface area contributed by atoms with E-state index in [4.69, 9.17) is 14.7 Å². The van der Waals surface area contributed by atoms with Crippen molar-refractivity contribution in [3.8, 4) is 10.6 Å². The predicted molar refractivity (Wildman–Crippen MR) is 146 cm³/mol. The Kier molecular flexibility index (Phi) is 6.88. The summed E-state index contributed by atoms with van der Waals surface area (Å²) < 4.78 is 6.21. The van der Waals surface area contributed by atoms with Crippen molar-refractivity contribution in [2.75, 3.05) is 43.5 Å². The highest BCUT2D eigenvalue weighted by Crippen LogP contribution is 2.39. The van der Waals surface area contributed by atoms with Crippen molar-refractivity contribution in [3.63, 3.8) is 0 Å². The molecule has 2 saturated carbocycles. The maximum Gasteiger partial charge on any atom is 0.248 e. The molecule has 0 spiro atoms. The zero-order valence-electron chi connectivity index (χ0n) is 21.9. The first-order valence-electron chi connectivity index (χ1n) is 13.3. The number of nitrogens with zero attached hydrogens (tertiary/aromatic N) is 5.